The van der Waals surface area contributed by atoms with E-state index in [2.05, 4.69) is 21.8 Å². The number of likely N-dealkylation sites (tertiary alicyclic amines) is 1. The molecule has 5 rings (SSSR count). The van der Waals surface area contributed by atoms with Crippen LogP contribution in [0, 0.1) is 6.92 Å². The van der Waals surface area contributed by atoms with Crippen LogP contribution in [0.4, 0.5) is 4.79 Å². The van der Waals surface area contributed by atoms with Gasteiger partial charge in [-0.15, -0.1) is 11.3 Å². The number of aromatic nitrogens is 2. The second-order valence-electron chi connectivity index (χ2n) is 12.7. The third kappa shape index (κ3) is 5.74. The lowest BCUT2D eigenvalue weighted by molar-refractivity contribution is 0.0276. The van der Waals surface area contributed by atoms with E-state index in [0.29, 0.717) is 12.1 Å². The summed E-state index contributed by atoms with van der Waals surface area (Å²) in [5.41, 5.74) is 0.649. The number of hydrogen-bond donors (Lipinski definition) is 2. The van der Waals surface area contributed by atoms with Crippen LogP contribution < -0.4 is 5.32 Å². The maximum atomic E-state index is 13.2. The molecule has 0 spiro atoms. The number of carboxylic acid groups (broad SMARTS) is 1. The zero-order valence-electron chi connectivity index (χ0n) is 23.5. The first-order valence-corrected chi connectivity index (χ1v) is 15.5. The number of piperidine rings is 1. The number of fused-ring (bicyclic) bond motifs is 1. The molecule has 2 aliphatic carbocycles. The lowest BCUT2D eigenvalue weighted by atomic mass is 9.88. The van der Waals surface area contributed by atoms with E-state index >= 15 is 0 Å². The summed E-state index contributed by atoms with van der Waals surface area (Å²) >= 11 is 1.60. The summed E-state index contributed by atoms with van der Waals surface area (Å²) in [5, 5.41) is 19.0. The van der Waals surface area contributed by atoms with Gasteiger partial charge in [0.25, 0.3) is 5.91 Å². The fourth-order valence-corrected chi connectivity index (χ4v) is 8.24. The van der Waals surface area contributed by atoms with Crippen LogP contribution in [0.5, 0.6) is 0 Å². The first-order valence-electron chi connectivity index (χ1n) is 14.7. The van der Waals surface area contributed by atoms with Crippen molar-refractivity contribution >= 4 is 33.6 Å². The van der Waals surface area contributed by atoms with Crippen LogP contribution in [0.25, 0.3) is 10.2 Å². The highest BCUT2D eigenvalue weighted by molar-refractivity contribution is 7.20. The average Bonchev–Trinajstić information content (AvgIpc) is 3.45. The third-order valence-corrected chi connectivity index (χ3v) is 10.2. The Morgan fingerprint density at radius 3 is 2.26 bits per heavy atom. The van der Waals surface area contributed by atoms with Crippen molar-refractivity contribution in [1.29, 1.82) is 0 Å². The molecule has 0 aromatic carbocycles. The first kappa shape index (κ1) is 27.4. The minimum Gasteiger partial charge on any atom is -0.465 e. The van der Waals surface area contributed by atoms with E-state index < -0.39 is 6.09 Å². The normalized spacial score (nSPS) is 24.5. The molecule has 1 saturated heterocycles. The van der Waals surface area contributed by atoms with Crippen molar-refractivity contribution in [1.82, 2.24) is 24.9 Å². The first-order chi connectivity index (χ1) is 18.1. The zero-order chi connectivity index (χ0) is 27.0. The van der Waals surface area contributed by atoms with Gasteiger partial charge in [0.15, 0.2) is 0 Å². The minimum atomic E-state index is -0.813. The van der Waals surface area contributed by atoms with Crippen LogP contribution in [0.1, 0.15) is 113 Å². The molecule has 3 fully saturated rings. The molecule has 38 heavy (non-hydrogen) atoms. The molecule has 3 heterocycles. The molecule has 0 atom stereocenters. The second-order valence-corrected chi connectivity index (χ2v) is 13.8. The predicted octanol–water partition coefficient (Wildman–Crippen LogP) is 6.20. The molecule has 0 bridgehead atoms. The Labute approximate surface area is 230 Å². The van der Waals surface area contributed by atoms with Gasteiger partial charge in [-0.3, -0.25) is 9.48 Å². The van der Waals surface area contributed by atoms with Gasteiger partial charge in [0.2, 0.25) is 0 Å². The number of carbonyl (C=O) groups excluding carboxylic acids is 1. The van der Waals surface area contributed by atoms with Crippen LogP contribution in [-0.2, 0) is 0 Å². The topological polar surface area (TPSA) is 90.7 Å². The van der Waals surface area contributed by atoms with E-state index in [1.165, 1.54) is 32.1 Å². The van der Waals surface area contributed by atoms with Gasteiger partial charge in [0, 0.05) is 42.1 Å². The minimum absolute atomic E-state index is 0.0565. The van der Waals surface area contributed by atoms with Crippen molar-refractivity contribution in [3.63, 3.8) is 0 Å². The lowest BCUT2D eigenvalue weighted by Gasteiger charge is -2.46. The number of aryl methyl sites for hydroxylation is 1. The highest BCUT2D eigenvalue weighted by atomic mass is 32.1. The third-order valence-electron chi connectivity index (χ3n) is 9.05. The maximum absolute atomic E-state index is 13.2. The SMILES string of the molecule is Cc1nn(C2CCCCC2)c2sc(C(=O)N[C@H]3CC[C@@H](N4CCC(N(C(=O)O)C(C)(C)C)CC4)CC3)cc12. The van der Waals surface area contributed by atoms with E-state index in [-0.39, 0.29) is 23.5 Å². The Balaban J connectivity index is 1.13. The smallest absolute Gasteiger partial charge is 0.407 e. The number of carbonyl (C=O) groups is 2. The van der Waals surface area contributed by atoms with E-state index in [1.54, 1.807) is 16.2 Å². The molecule has 2 saturated carbocycles. The van der Waals surface area contributed by atoms with Crippen LogP contribution in [0.15, 0.2) is 6.07 Å². The van der Waals surface area contributed by atoms with Gasteiger partial charge in [0.1, 0.15) is 4.83 Å². The Morgan fingerprint density at radius 2 is 1.66 bits per heavy atom. The zero-order valence-corrected chi connectivity index (χ0v) is 24.4. The summed E-state index contributed by atoms with van der Waals surface area (Å²) in [6, 6.07) is 3.36. The van der Waals surface area contributed by atoms with Crippen molar-refractivity contribution in [3.05, 3.63) is 16.6 Å². The Morgan fingerprint density at radius 1 is 1.00 bits per heavy atom. The standard InChI is InChI=1S/C29H45N5O3S/c1-19-24-18-25(38-27(24)34(31-19)23-8-6-5-7-9-23)26(35)30-20-10-12-21(13-11-20)32-16-14-22(15-17-32)33(28(36)37)29(2,3)4/h18,20-23H,5-17H2,1-4H3,(H,30,35)(H,36,37)/t20-,21+. The van der Waals surface area contributed by atoms with Crippen LogP contribution in [-0.4, -0.2) is 73.4 Å². The fourth-order valence-electron chi connectivity index (χ4n) is 7.10. The molecular formula is C29H45N5O3S. The van der Waals surface area contributed by atoms with Crippen molar-refractivity contribution in [2.24, 2.45) is 0 Å². The van der Waals surface area contributed by atoms with Gasteiger partial charge < -0.3 is 20.2 Å². The largest absolute Gasteiger partial charge is 0.465 e. The Kier molecular flexibility index (Phi) is 8.06. The summed E-state index contributed by atoms with van der Waals surface area (Å²) in [6.07, 6.45) is 11.4. The van der Waals surface area contributed by atoms with Crippen molar-refractivity contribution in [3.8, 4) is 0 Å². The molecule has 0 radical (unpaired) electrons. The maximum Gasteiger partial charge on any atom is 0.407 e. The summed E-state index contributed by atoms with van der Waals surface area (Å²) in [4.78, 5) is 31.2. The highest BCUT2D eigenvalue weighted by Crippen LogP contribution is 2.36. The predicted molar refractivity (Wildman–Crippen MR) is 152 cm³/mol. The molecule has 210 valence electrons. The van der Waals surface area contributed by atoms with Gasteiger partial charge >= 0.3 is 6.09 Å². The molecule has 2 N–H and O–H groups in total. The summed E-state index contributed by atoms with van der Waals surface area (Å²) in [5.74, 6) is 0.0565. The molecule has 3 aliphatic rings. The number of nitrogens with one attached hydrogen (secondary N) is 1. The molecule has 1 aliphatic heterocycles. The molecule has 9 heteroatoms. The summed E-state index contributed by atoms with van der Waals surface area (Å²) in [6.45, 7) is 9.90. The fraction of sp³-hybridized carbons (Fsp3) is 0.759. The van der Waals surface area contributed by atoms with E-state index in [9.17, 15) is 14.7 Å². The average molecular weight is 544 g/mol. The van der Waals surface area contributed by atoms with Gasteiger partial charge in [-0.05, 0) is 85.1 Å². The quantitative estimate of drug-likeness (QED) is 0.469. The number of amides is 2. The summed E-state index contributed by atoms with van der Waals surface area (Å²) in [7, 11) is 0. The molecule has 8 nitrogen and oxygen atoms in total. The second kappa shape index (κ2) is 11.2. The molecular weight excluding hydrogens is 498 g/mol. The number of rotatable bonds is 5. The monoisotopic (exact) mass is 543 g/mol. The number of hydrogen-bond acceptors (Lipinski definition) is 5. The van der Waals surface area contributed by atoms with Gasteiger partial charge in [-0.25, -0.2) is 4.79 Å². The van der Waals surface area contributed by atoms with Gasteiger partial charge in [0.05, 0.1) is 16.6 Å². The summed E-state index contributed by atoms with van der Waals surface area (Å²) < 4.78 is 2.21. The molecule has 2 aromatic rings. The number of nitrogens with zero attached hydrogens (tertiary/aromatic N) is 4. The van der Waals surface area contributed by atoms with Crippen molar-refractivity contribution in [2.75, 3.05) is 13.1 Å². The Bertz CT molecular complexity index is 1130. The lowest BCUT2D eigenvalue weighted by Crippen LogP contribution is -2.56. The van der Waals surface area contributed by atoms with Gasteiger partial charge in [-0.2, -0.15) is 5.10 Å². The number of thiophene rings is 1. The van der Waals surface area contributed by atoms with E-state index in [4.69, 9.17) is 5.10 Å². The van der Waals surface area contributed by atoms with Crippen LogP contribution in [0.3, 0.4) is 0 Å². The van der Waals surface area contributed by atoms with Gasteiger partial charge in [-0.1, -0.05) is 19.3 Å². The Hall–Kier alpha value is -2.13. The molecule has 2 aromatic heterocycles. The highest BCUT2D eigenvalue weighted by Gasteiger charge is 2.37. The van der Waals surface area contributed by atoms with E-state index in [1.807, 2.05) is 26.8 Å². The molecule has 0 unspecified atom stereocenters. The van der Waals surface area contributed by atoms with Crippen LogP contribution >= 0.6 is 11.3 Å². The van der Waals surface area contributed by atoms with Crippen LogP contribution in [0.2, 0.25) is 0 Å². The molecule has 2 amide bonds. The van der Waals surface area contributed by atoms with Crippen molar-refractivity contribution < 1.29 is 14.7 Å². The van der Waals surface area contributed by atoms with E-state index in [0.717, 1.165) is 72.4 Å². The van der Waals surface area contributed by atoms with Crippen molar-refractivity contribution in [2.45, 2.75) is 128 Å².